The maximum Gasteiger partial charge on any atom is 0.138 e. The van der Waals surface area contributed by atoms with Crippen molar-refractivity contribution >= 4 is 39.0 Å². The third kappa shape index (κ3) is 3.41. The Hall–Kier alpha value is -0.870. The summed E-state index contributed by atoms with van der Waals surface area (Å²) >= 11 is 8.21. The number of thiophene rings is 1. The number of aryl methyl sites for hydroxylation is 1. The third-order valence-electron chi connectivity index (χ3n) is 3.75. The molecule has 0 radical (unpaired) electrons. The summed E-state index contributed by atoms with van der Waals surface area (Å²) in [6.07, 6.45) is 4.89. The number of alkyl halides is 1. The summed E-state index contributed by atoms with van der Waals surface area (Å²) in [5, 5.41) is 4.65. The number of nitrogens with zero attached hydrogens (tertiary/aromatic N) is 2. The quantitative estimate of drug-likeness (QED) is 0.752. The van der Waals surface area contributed by atoms with Gasteiger partial charge in [-0.05, 0) is 18.4 Å². The first-order chi connectivity index (χ1) is 9.69. The Bertz CT molecular complexity index is 551. The first kappa shape index (κ1) is 15.5. The molecule has 20 heavy (non-hydrogen) atoms. The fourth-order valence-electron chi connectivity index (χ4n) is 2.38. The molecule has 0 amide bonds. The molecule has 3 nitrogen and oxygen atoms in total. The molecule has 5 heteroatoms. The third-order valence-corrected chi connectivity index (χ3v) is 5.45. The largest absolute Gasteiger partial charge is 0.368 e. The average molecular weight is 312 g/mol. The zero-order valence-electron chi connectivity index (χ0n) is 12.3. The summed E-state index contributed by atoms with van der Waals surface area (Å²) in [6.45, 7) is 7.29. The number of anilines is 1. The van der Waals surface area contributed by atoms with Crippen LogP contribution in [0.25, 0.3) is 10.2 Å². The van der Waals surface area contributed by atoms with Crippen molar-refractivity contribution in [3.05, 3.63) is 17.3 Å². The lowest BCUT2D eigenvalue weighted by Gasteiger charge is -2.19. The zero-order valence-corrected chi connectivity index (χ0v) is 13.9. The molecule has 2 heterocycles. The number of aromatic nitrogens is 2. The second-order valence-electron chi connectivity index (χ2n) is 4.98. The molecule has 2 aromatic heterocycles. The fraction of sp³-hybridized carbons (Fsp3) is 0.600. The zero-order chi connectivity index (χ0) is 14.5. The molecule has 1 atom stereocenters. The van der Waals surface area contributed by atoms with E-state index in [0.29, 0.717) is 5.92 Å². The SMILES string of the molecule is CCc1cc2c(NCC(Cl)C(CC)CC)ncnc2s1. The molecule has 0 aliphatic rings. The van der Waals surface area contributed by atoms with Crippen molar-refractivity contribution in [1.82, 2.24) is 9.97 Å². The normalized spacial score (nSPS) is 13.1. The molecule has 1 N–H and O–H groups in total. The van der Waals surface area contributed by atoms with E-state index in [2.05, 4.69) is 42.1 Å². The van der Waals surface area contributed by atoms with Gasteiger partial charge in [-0.2, -0.15) is 0 Å². The van der Waals surface area contributed by atoms with E-state index in [0.717, 1.165) is 41.8 Å². The second kappa shape index (κ2) is 7.23. The van der Waals surface area contributed by atoms with E-state index < -0.39 is 0 Å². The summed E-state index contributed by atoms with van der Waals surface area (Å²) < 4.78 is 0. The van der Waals surface area contributed by atoms with Gasteiger partial charge in [0.2, 0.25) is 0 Å². The van der Waals surface area contributed by atoms with Crippen LogP contribution in [0.5, 0.6) is 0 Å². The Morgan fingerprint density at radius 1 is 1.25 bits per heavy atom. The molecule has 0 fully saturated rings. The first-order valence-corrected chi connectivity index (χ1v) is 8.56. The molecule has 0 saturated carbocycles. The highest BCUT2D eigenvalue weighted by molar-refractivity contribution is 7.18. The average Bonchev–Trinajstić information content (AvgIpc) is 2.90. The van der Waals surface area contributed by atoms with Crippen LogP contribution in [0.4, 0.5) is 5.82 Å². The highest BCUT2D eigenvalue weighted by Crippen LogP contribution is 2.29. The molecule has 2 rings (SSSR count). The van der Waals surface area contributed by atoms with Gasteiger partial charge < -0.3 is 5.32 Å². The van der Waals surface area contributed by atoms with Crippen molar-refractivity contribution in [1.29, 1.82) is 0 Å². The minimum absolute atomic E-state index is 0.138. The smallest absolute Gasteiger partial charge is 0.138 e. The number of rotatable bonds is 7. The van der Waals surface area contributed by atoms with Crippen LogP contribution < -0.4 is 5.32 Å². The number of hydrogen-bond acceptors (Lipinski definition) is 4. The summed E-state index contributed by atoms with van der Waals surface area (Å²) in [5.41, 5.74) is 0. The van der Waals surface area contributed by atoms with Gasteiger partial charge in [0.1, 0.15) is 17.0 Å². The molecule has 1 unspecified atom stereocenters. The van der Waals surface area contributed by atoms with Gasteiger partial charge in [0, 0.05) is 11.4 Å². The summed E-state index contributed by atoms with van der Waals surface area (Å²) in [5.74, 6) is 1.46. The summed E-state index contributed by atoms with van der Waals surface area (Å²) in [4.78, 5) is 11.1. The molecule has 110 valence electrons. The number of hydrogen-bond donors (Lipinski definition) is 1. The van der Waals surface area contributed by atoms with Gasteiger partial charge in [-0.15, -0.1) is 22.9 Å². The molecule has 0 aliphatic carbocycles. The van der Waals surface area contributed by atoms with Crippen LogP contribution in [0, 0.1) is 5.92 Å². The molecule has 0 aromatic carbocycles. The van der Waals surface area contributed by atoms with Crippen molar-refractivity contribution in [2.24, 2.45) is 5.92 Å². The Kier molecular flexibility index (Phi) is 5.61. The monoisotopic (exact) mass is 311 g/mol. The predicted molar refractivity (Wildman–Crippen MR) is 89.0 cm³/mol. The van der Waals surface area contributed by atoms with E-state index in [1.165, 1.54) is 4.88 Å². The Labute approximate surface area is 129 Å². The van der Waals surface area contributed by atoms with E-state index in [-0.39, 0.29) is 5.38 Å². The number of fused-ring (bicyclic) bond motifs is 1. The van der Waals surface area contributed by atoms with E-state index in [9.17, 15) is 0 Å². The molecular formula is C15H22ClN3S. The molecule has 0 saturated heterocycles. The van der Waals surface area contributed by atoms with Crippen LogP contribution in [0.1, 0.15) is 38.5 Å². The van der Waals surface area contributed by atoms with Gasteiger partial charge in [-0.25, -0.2) is 9.97 Å². The Morgan fingerprint density at radius 3 is 2.65 bits per heavy atom. The van der Waals surface area contributed by atoms with E-state index in [1.54, 1.807) is 17.7 Å². The van der Waals surface area contributed by atoms with Gasteiger partial charge >= 0.3 is 0 Å². The van der Waals surface area contributed by atoms with Crippen molar-refractivity contribution in [3.63, 3.8) is 0 Å². The number of nitrogens with one attached hydrogen (secondary N) is 1. The molecule has 0 spiro atoms. The molecule has 2 aromatic rings. The first-order valence-electron chi connectivity index (χ1n) is 7.30. The molecule has 0 bridgehead atoms. The second-order valence-corrected chi connectivity index (χ2v) is 6.66. The minimum atomic E-state index is 0.138. The van der Waals surface area contributed by atoms with Gasteiger partial charge in [0.25, 0.3) is 0 Å². The standard InChI is InChI=1S/C15H22ClN3S/c1-4-10(5-2)13(16)8-17-14-12-7-11(6-3)20-15(12)19-9-18-14/h7,9-10,13H,4-6,8H2,1-3H3,(H,17,18,19). The van der Waals surface area contributed by atoms with E-state index in [1.807, 2.05) is 0 Å². The fourth-order valence-corrected chi connectivity index (χ4v) is 3.75. The van der Waals surface area contributed by atoms with Crippen molar-refractivity contribution in [2.45, 2.75) is 45.4 Å². The minimum Gasteiger partial charge on any atom is -0.368 e. The van der Waals surface area contributed by atoms with E-state index >= 15 is 0 Å². The highest BCUT2D eigenvalue weighted by atomic mass is 35.5. The lowest BCUT2D eigenvalue weighted by molar-refractivity contribution is 0.475. The molecular weight excluding hydrogens is 290 g/mol. The maximum atomic E-state index is 6.48. The van der Waals surface area contributed by atoms with Gasteiger partial charge in [-0.3, -0.25) is 0 Å². The van der Waals surface area contributed by atoms with Crippen molar-refractivity contribution in [2.75, 3.05) is 11.9 Å². The van der Waals surface area contributed by atoms with Gasteiger partial charge in [0.15, 0.2) is 0 Å². The predicted octanol–water partition coefficient (Wildman–Crippen LogP) is 4.71. The van der Waals surface area contributed by atoms with Crippen molar-refractivity contribution < 1.29 is 0 Å². The molecule has 0 aliphatic heterocycles. The van der Waals surface area contributed by atoms with Gasteiger partial charge in [0.05, 0.1) is 10.8 Å². The van der Waals surface area contributed by atoms with Crippen LogP contribution in [0.2, 0.25) is 0 Å². The summed E-state index contributed by atoms with van der Waals surface area (Å²) in [7, 11) is 0. The lowest BCUT2D eigenvalue weighted by Crippen LogP contribution is -2.23. The number of halogens is 1. The Morgan fingerprint density at radius 2 is 2.00 bits per heavy atom. The van der Waals surface area contributed by atoms with Crippen LogP contribution in [0.15, 0.2) is 12.4 Å². The lowest BCUT2D eigenvalue weighted by atomic mass is 9.99. The van der Waals surface area contributed by atoms with Gasteiger partial charge in [-0.1, -0.05) is 33.6 Å². The van der Waals surface area contributed by atoms with Crippen LogP contribution in [-0.2, 0) is 6.42 Å². The van der Waals surface area contributed by atoms with E-state index in [4.69, 9.17) is 11.6 Å². The highest BCUT2D eigenvalue weighted by Gasteiger charge is 2.16. The van der Waals surface area contributed by atoms with Crippen LogP contribution in [-0.4, -0.2) is 21.9 Å². The van der Waals surface area contributed by atoms with Crippen LogP contribution >= 0.6 is 22.9 Å². The Balaban J connectivity index is 2.11. The topological polar surface area (TPSA) is 37.8 Å². The maximum absolute atomic E-state index is 6.48. The summed E-state index contributed by atoms with van der Waals surface area (Å²) in [6, 6.07) is 2.18. The van der Waals surface area contributed by atoms with Crippen LogP contribution in [0.3, 0.4) is 0 Å². The van der Waals surface area contributed by atoms with Crippen molar-refractivity contribution in [3.8, 4) is 0 Å².